The first-order valence-corrected chi connectivity index (χ1v) is 11.1. The second-order valence-electron chi connectivity index (χ2n) is 8.45. The van der Waals surface area contributed by atoms with Crippen molar-refractivity contribution in [2.75, 3.05) is 13.2 Å². The van der Waals surface area contributed by atoms with Crippen LogP contribution in [0.15, 0.2) is 16.9 Å². The molecule has 0 bridgehead atoms. The lowest BCUT2D eigenvalue weighted by Crippen LogP contribution is -2.35. The molecule has 1 N–H and O–H groups in total. The van der Waals surface area contributed by atoms with Gasteiger partial charge in [0, 0.05) is 24.0 Å². The predicted octanol–water partition coefficient (Wildman–Crippen LogP) is 5.07. The van der Waals surface area contributed by atoms with Gasteiger partial charge in [-0.2, -0.15) is 11.8 Å². The molecule has 0 spiro atoms. The average Bonchev–Trinajstić information content (AvgIpc) is 2.57. The zero-order valence-corrected chi connectivity index (χ0v) is 17.2. The molecule has 1 saturated carbocycles. The second-order valence-corrected chi connectivity index (χ2v) is 9.74. The van der Waals surface area contributed by atoms with E-state index in [9.17, 15) is 9.18 Å². The number of halogens is 1. The molecule has 5 nitrogen and oxygen atoms in total. The van der Waals surface area contributed by atoms with E-state index in [1.807, 2.05) is 0 Å². The van der Waals surface area contributed by atoms with Crippen LogP contribution in [0, 0.1) is 11.7 Å². The number of aromatic nitrogens is 2. The Bertz CT molecular complexity index is 911. The minimum atomic E-state index is -0.583. The van der Waals surface area contributed by atoms with Crippen molar-refractivity contribution < 1.29 is 13.9 Å². The summed E-state index contributed by atoms with van der Waals surface area (Å²) in [6.45, 7) is 5.54. The summed E-state index contributed by atoms with van der Waals surface area (Å²) in [5.41, 5.74) is -0.193. The van der Waals surface area contributed by atoms with Crippen molar-refractivity contribution in [1.82, 2.24) is 9.97 Å². The standard InChI is InChI=1S/C21H27FN2O3S.CH4/c1-21(2)10-15(6-7-27-21)28-12-18-23-17-9-14(26-11-13-4-3-5-13)8-16(22)19(17)20(25)24-18;/h8-9,13,15H,3-7,10-12H2,1-2H3,(H,23,24,25);1H4. The van der Waals surface area contributed by atoms with Gasteiger partial charge in [-0.25, -0.2) is 9.37 Å². The number of thioether (sulfide) groups is 1. The maximum atomic E-state index is 14.5. The van der Waals surface area contributed by atoms with Crippen molar-refractivity contribution in [3.63, 3.8) is 0 Å². The molecule has 2 aromatic rings. The van der Waals surface area contributed by atoms with E-state index in [0.29, 0.717) is 40.6 Å². The van der Waals surface area contributed by atoms with Gasteiger partial charge in [0.15, 0.2) is 0 Å². The molecule has 1 aliphatic carbocycles. The van der Waals surface area contributed by atoms with Gasteiger partial charge in [0.05, 0.1) is 23.5 Å². The van der Waals surface area contributed by atoms with Gasteiger partial charge in [0.25, 0.3) is 5.56 Å². The number of hydrogen-bond acceptors (Lipinski definition) is 5. The molecular formula is C22H31FN2O3S. The van der Waals surface area contributed by atoms with Gasteiger partial charge < -0.3 is 14.5 Å². The number of H-pyrrole nitrogens is 1. The van der Waals surface area contributed by atoms with Crippen molar-refractivity contribution in [3.8, 4) is 5.75 Å². The smallest absolute Gasteiger partial charge is 0.261 e. The SMILES string of the molecule is C.CC1(C)CC(SCc2nc3cc(OCC4CCC4)cc(F)c3c(=O)[nH]2)CCO1. The molecule has 1 saturated heterocycles. The maximum absolute atomic E-state index is 14.5. The van der Waals surface area contributed by atoms with E-state index < -0.39 is 11.4 Å². The van der Waals surface area contributed by atoms with Gasteiger partial charge in [-0.3, -0.25) is 4.79 Å². The minimum Gasteiger partial charge on any atom is -0.493 e. The van der Waals surface area contributed by atoms with Crippen LogP contribution in [0.2, 0.25) is 0 Å². The Morgan fingerprint density at radius 3 is 2.83 bits per heavy atom. The Morgan fingerprint density at radius 1 is 1.34 bits per heavy atom. The molecular weight excluding hydrogens is 391 g/mol. The van der Waals surface area contributed by atoms with Crippen LogP contribution in [0.25, 0.3) is 10.9 Å². The first kappa shape index (κ1) is 22.1. The van der Waals surface area contributed by atoms with Crippen LogP contribution < -0.4 is 10.3 Å². The topological polar surface area (TPSA) is 64.2 Å². The van der Waals surface area contributed by atoms with Crippen LogP contribution in [0.5, 0.6) is 5.75 Å². The lowest BCUT2D eigenvalue weighted by atomic mass is 9.86. The fraction of sp³-hybridized carbons (Fsp3) is 0.636. The zero-order chi connectivity index (χ0) is 19.7. The minimum absolute atomic E-state index is 0. The molecule has 4 rings (SSSR count). The van der Waals surface area contributed by atoms with E-state index in [-0.39, 0.29) is 18.4 Å². The van der Waals surface area contributed by atoms with E-state index >= 15 is 0 Å². The number of nitrogens with one attached hydrogen (secondary N) is 1. The van der Waals surface area contributed by atoms with Crippen molar-refractivity contribution >= 4 is 22.7 Å². The molecule has 1 unspecified atom stereocenters. The van der Waals surface area contributed by atoms with Crippen LogP contribution in [0.4, 0.5) is 4.39 Å². The Labute approximate surface area is 175 Å². The number of rotatable bonds is 6. The Balaban J connectivity index is 0.00000240. The van der Waals surface area contributed by atoms with Gasteiger partial charge in [-0.1, -0.05) is 13.8 Å². The molecule has 29 heavy (non-hydrogen) atoms. The fourth-order valence-electron chi connectivity index (χ4n) is 3.79. The summed E-state index contributed by atoms with van der Waals surface area (Å²) in [6.07, 6.45) is 5.52. The molecule has 1 aliphatic heterocycles. The normalized spacial score (nSPS) is 21.4. The average molecular weight is 423 g/mol. The van der Waals surface area contributed by atoms with Crippen molar-refractivity contribution in [1.29, 1.82) is 0 Å². The summed E-state index contributed by atoms with van der Waals surface area (Å²) >= 11 is 1.77. The molecule has 2 heterocycles. The largest absolute Gasteiger partial charge is 0.493 e. The van der Waals surface area contributed by atoms with Gasteiger partial charge in [-0.15, -0.1) is 0 Å². The highest BCUT2D eigenvalue weighted by atomic mass is 32.2. The summed E-state index contributed by atoms with van der Waals surface area (Å²) in [5.74, 6) is 1.57. The number of benzene rings is 1. The lowest BCUT2D eigenvalue weighted by molar-refractivity contribution is -0.0485. The molecule has 0 radical (unpaired) electrons. The second kappa shape index (κ2) is 9.04. The monoisotopic (exact) mass is 422 g/mol. The number of hydrogen-bond donors (Lipinski definition) is 1. The summed E-state index contributed by atoms with van der Waals surface area (Å²) in [5, 5.41) is 0.454. The van der Waals surface area contributed by atoms with Crippen LogP contribution in [-0.4, -0.2) is 34.0 Å². The first-order chi connectivity index (χ1) is 13.4. The van der Waals surface area contributed by atoms with Gasteiger partial charge in [0.1, 0.15) is 22.8 Å². The third-order valence-electron chi connectivity index (χ3n) is 5.60. The molecule has 2 fully saturated rings. The van der Waals surface area contributed by atoms with Crippen molar-refractivity contribution in [3.05, 3.63) is 34.1 Å². The maximum Gasteiger partial charge on any atom is 0.261 e. The highest BCUT2D eigenvalue weighted by molar-refractivity contribution is 7.99. The Hall–Kier alpha value is -1.60. The van der Waals surface area contributed by atoms with E-state index in [1.165, 1.54) is 25.3 Å². The quantitative estimate of drug-likeness (QED) is 0.704. The van der Waals surface area contributed by atoms with E-state index in [1.54, 1.807) is 17.8 Å². The van der Waals surface area contributed by atoms with Crippen LogP contribution in [0.1, 0.15) is 59.2 Å². The van der Waals surface area contributed by atoms with Gasteiger partial charge in [0.2, 0.25) is 0 Å². The summed E-state index contributed by atoms with van der Waals surface area (Å²) in [4.78, 5) is 19.7. The number of fused-ring (bicyclic) bond motifs is 1. The van der Waals surface area contributed by atoms with Crippen LogP contribution in [-0.2, 0) is 10.5 Å². The number of ether oxygens (including phenoxy) is 2. The molecule has 0 amide bonds. The fourth-order valence-corrected chi connectivity index (χ4v) is 5.10. The van der Waals surface area contributed by atoms with Crippen molar-refractivity contribution in [2.45, 2.75) is 70.0 Å². The molecule has 1 aromatic heterocycles. The summed E-state index contributed by atoms with van der Waals surface area (Å²) < 4.78 is 26.0. The van der Waals surface area contributed by atoms with E-state index in [2.05, 4.69) is 23.8 Å². The van der Waals surface area contributed by atoms with Gasteiger partial charge >= 0.3 is 0 Å². The van der Waals surface area contributed by atoms with E-state index in [4.69, 9.17) is 9.47 Å². The van der Waals surface area contributed by atoms with Crippen LogP contribution in [0.3, 0.4) is 0 Å². The third-order valence-corrected chi connectivity index (χ3v) is 6.92. The molecule has 160 valence electrons. The predicted molar refractivity (Wildman–Crippen MR) is 116 cm³/mol. The molecule has 1 atom stereocenters. The molecule has 2 aliphatic rings. The summed E-state index contributed by atoms with van der Waals surface area (Å²) in [7, 11) is 0. The molecule has 7 heteroatoms. The zero-order valence-electron chi connectivity index (χ0n) is 16.4. The van der Waals surface area contributed by atoms with Crippen molar-refractivity contribution in [2.24, 2.45) is 5.92 Å². The van der Waals surface area contributed by atoms with E-state index in [0.717, 1.165) is 19.4 Å². The highest BCUT2D eigenvalue weighted by Crippen LogP contribution is 2.33. The summed E-state index contributed by atoms with van der Waals surface area (Å²) in [6, 6.07) is 2.97. The first-order valence-electron chi connectivity index (χ1n) is 10.0. The van der Waals surface area contributed by atoms with Gasteiger partial charge in [-0.05, 0) is 45.4 Å². The molecule has 1 aromatic carbocycles. The highest BCUT2D eigenvalue weighted by Gasteiger charge is 2.29. The lowest BCUT2D eigenvalue weighted by Gasteiger charge is -2.35. The van der Waals surface area contributed by atoms with Crippen LogP contribution >= 0.6 is 11.8 Å². The third kappa shape index (κ3) is 5.31. The number of nitrogens with zero attached hydrogens (tertiary/aromatic N) is 1. The Morgan fingerprint density at radius 2 is 2.14 bits per heavy atom. The Kier molecular flexibility index (Phi) is 6.89. The number of aromatic amines is 1.